The molecule has 1 aromatic rings. The molecule has 0 bridgehead atoms. The van der Waals surface area contributed by atoms with Crippen LogP contribution < -0.4 is 10.5 Å². The monoisotopic (exact) mass is 266 g/mol. The quantitative estimate of drug-likeness (QED) is 0.765. The van der Waals surface area contributed by atoms with Crippen LogP contribution >= 0.6 is 0 Å². The second-order valence-corrected chi connectivity index (χ2v) is 4.59. The van der Waals surface area contributed by atoms with E-state index in [0.717, 1.165) is 0 Å². The van der Waals surface area contributed by atoms with Crippen molar-refractivity contribution in [1.29, 1.82) is 0 Å². The van der Waals surface area contributed by atoms with Gasteiger partial charge < -0.3 is 20.5 Å². The van der Waals surface area contributed by atoms with Gasteiger partial charge in [0.25, 0.3) is 5.91 Å². The topological polar surface area (TPSA) is 75.8 Å². The molecule has 0 heterocycles. The highest BCUT2D eigenvalue weighted by Crippen LogP contribution is 2.20. The lowest BCUT2D eigenvalue weighted by Crippen LogP contribution is -2.29. The van der Waals surface area contributed by atoms with Gasteiger partial charge in [-0.1, -0.05) is 0 Å². The van der Waals surface area contributed by atoms with E-state index in [1.54, 1.807) is 37.1 Å². The minimum absolute atomic E-state index is 0.131. The predicted octanol–water partition coefficient (Wildman–Crippen LogP) is 1.51. The summed E-state index contributed by atoms with van der Waals surface area (Å²) in [7, 11) is 1.70. The Balaban J connectivity index is 2.80. The van der Waals surface area contributed by atoms with E-state index in [1.807, 2.05) is 6.92 Å². The molecular formula is C14H22N2O3. The van der Waals surface area contributed by atoms with Gasteiger partial charge in [-0.15, -0.1) is 0 Å². The van der Waals surface area contributed by atoms with Gasteiger partial charge in [0.05, 0.1) is 12.7 Å². The normalized spacial score (nSPS) is 12.0. The van der Waals surface area contributed by atoms with Gasteiger partial charge in [0.1, 0.15) is 5.75 Å². The number of anilines is 1. The third kappa shape index (κ3) is 4.79. The van der Waals surface area contributed by atoms with Gasteiger partial charge in [-0.25, -0.2) is 0 Å². The first kappa shape index (κ1) is 15.3. The first-order valence-corrected chi connectivity index (χ1v) is 6.41. The Morgan fingerprint density at radius 2 is 2.16 bits per heavy atom. The van der Waals surface area contributed by atoms with Crippen LogP contribution in [0, 0.1) is 0 Å². The fraction of sp³-hybridized carbons (Fsp3) is 0.500. The summed E-state index contributed by atoms with van der Waals surface area (Å²) in [4.78, 5) is 13.8. The molecule has 5 nitrogen and oxygen atoms in total. The van der Waals surface area contributed by atoms with E-state index in [2.05, 4.69) is 0 Å². The molecule has 0 aliphatic heterocycles. The van der Waals surface area contributed by atoms with Crippen LogP contribution in [0.15, 0.2) is 18.2 Å². The number of nitrogens with zero attached hydrogens (tertiary/aromatic N) is 1. The van der Waals surface area contributed by atoms with Crippen LogP contribution in [-0.2, 0) is 0 Å². The van der Waals surface area contributed by atoms with E-state index < -0.39 is 6.10 Å². The zero-order chi connectivity index (χ0) is 14.4. The number of aliphatic hydroxyl groups is 1. The summed E-state index contributed by atoms with van der Waals surface area (Å²) in [6, 6.07) is 5.00. The third-order valence-corrected chi connectivity index (χ3v) is 2.72. The highest BCUT2D eigenvalue weighted by molar-refractivity contribution is 5.95. The lowest BCUT2D eigenvalue weighted by atomic mass is 10.1. The molecule has 1 aromatic carbocycles. The SMILES string of the molecule is CCOc1cc(N)cc(C(=O)N(C)CCC(C)O)c1. The third-order valence-electron chi connectivity index (χ3n) is 2.72. The van der Waals surface area contributed by atoms with Gasteiger partial charge in [-0.3, -0.25) is 4.79 Å². The van der Waals surface area contributed by atoms with Crippen LogP contribution in [0.2, 0.25) is 0 Å². The average Bonchev–Trinajstić information content (AvgIpc) is 2.34. The van der Waals surface area contributed by atoms with Crippen molar-refractivity contribution in [1.82, 2.24) is 4.90 Å². The second kappa shape index (κ2) is 6.99. The van der Waals surface area contributed by atoms with E-state index >= 15 is 0 Å². The largest absolute Gasteiger partial charge is 0.494 e. The minimum atomic E-state index is -0.421. The van der Waals surface area contributed by atoms with Crippen LogP contribution in [0.5, 0.6) is 5.75 Å². The molecular weight excluding hydrogens is 244 g/mol. The van der Waals surface area contributed by atoms with Gasteiger partial charge in [-0.05, 0) is 32.4 Å². The Hall–Kier alpha value is -1.75. The molecule has 1 amide bonds. The fourth-order valence-corrected chi connectivity index (χ4v) is 1.70. The van der Waals surface area contributed by atoms with Crippen LogP contribution in [-0.4, -0.2) is 42.2 Å². The Morgan fingerprint density at radius 3 is 2.74 bits per heavy atom. The maximum absolute atomic E-state index is 12.2. The smallest absolute Gasteiger partial charge is 0.253 e. The summed E-state index contributed by atoms with van der Waals surface area (Å²) in [6.45, 7) is 4.59. The number of rotatable bonds is 6. The van der Waals surface area contributed by atoms with Crippen molar-refractivity contribution in [2.45, 2.75) is 26.4 Å². The van der Waals surface area contributed by atoms with Crippen molar-refractivity contribution >= 4 is 11.6 Å². The number of benzene rings is 1. The number of carbonyl (C=O) groups is 1. The lowest BCUT2D eigenvalue weighted by molar-refractivity contribution is 0.0768. The Morgan fingerprint density at radius 1 is 1.47 bits per heavy atom. The molecule has 0 saturated heterocycles. The second-order valence-electron chi connectivity index (χ2n) is 4.59. The number of hydrogen-bond acceptors (Lipinski definition) is 4. The predicted molar refractivity (Wildman–Crippen MR) is 75.3 cm³/mol. The molecule has 0 aromatic heterocycles. The van der Waals surface area contributed by atoms with Gasteiger partial charge in [0, 0.05) is 30.9 Å². The average molecular weight is 266 g/mol. The van der Waals surface area contributed by atoms with Crippen molar-refractivity contribution in [3.05, 3.63) is 23.8 Å². The minimum Gasteiger partial charge on any atom is -0.494 e. The zero-order valence-corrected chi connectivity index (χ0v) is 11.7. The van der Waals surface area contributed by atoms with Crippen LogP contribution in [0.1, 0.15) is 30.6 Å². The lowest BCUT2D eigenvalue weighted by Gasteiger charge is -2.18. The van der Waals surface area contributed by atoms with Gasteiger partial charge in [0.2, 0.25) is 0 Å². The Labute approximate surface area is 114 Å². The fourth-order valence-electron chi connectivity index (χ4n) is 1.70. The summed E-state index contributed by atoms with van der Waals surface area (Å²) < 4.78 is 5.36. The molecule has 1 atom stereocenters. The number of carbonyl (C=O) groups excluding carboxylic acids is 1. The first-order chi connectivity index (χ1) is 8.93. The molecule has 1 rings (SSSR count). The standard InChI is InChI=1S/C14H22N2O3/c1-4-19-13-8-11(7-12(15)9-13)14(18)16(3)6-5-10(2)17/h7-10,17H,4-6,15H2,1-3H3. The van der Waals surface area contributed by atoms with E-state index in [0.29, 0.717) is 36.6 Å². The van der Waals surface area contributed by atoms with E-state index in [-0.39, 0.29) is 5.91 Å². The first-order valence-electron chi connectivity index (χ1n) is 6.41. The molecule has 0 aliphatic carbocycles. The van der Waals surface area contributed by atoms with Crippen LogP contribution in [0.25, 0.3) is 0 Å². The summed E-state index contributed by atoms with van der Waals surface area (Å²) in [5.74, 6) is 0.462. The van der Waals surface area contributed by atoms with Crippen molar-refractivity contribution in [2.75, 3.05) is 25.9 Å². The summed E-state index contributed by atoms with van der Waals surface area (Å²) in [5, 5.41) is 9.23. The van der Waals surface area contributed by atoms with Crippen LogP contribution in [0.4, 0.5) is 5.69 Å². The van der Waals surface area contributed by atoms with Crippen molar-refractivity contribution in [3.8, 4) is 5.75 Å². The summed E-state index contributed by atoms with van der Waals surface area (Å²) in [5.41, 5.74) is 6.75. The molecule has 0 spiro atoms. The highest BCUT2D eigenvalue weighted by Gasteiger charge is 2.14. The highest BCUT2D eigenvalue weighted by atomic mass is 16.5. The molecule has 1 unspecified atom stereocenters. The van der Waals surface area contributed by atoms with E-state index in [4.69, 9.17) is 10.5 Å². The summed E-state index contributed by atoms with van der Waals surface area (Å²) >= 11 is 0. The van der Waals surface area contributed by atoms with Crippen molar-refractivity contribution < 1.29 is 14.6 Å². The molecule has 19 heavy (non-hydrogen) atoms. The molecule has 3 N–H and O–H groups in total. The Kier molecular flexibility index (Phi) is 5.63. The number of amides is 1. The molecule has 0 fully saturated rings. The molecule has 5 heteroatoms. The van der Waals surface area contributed by atoms with Gasteiger partial charge in [-0.2, -0.15) is 0 Å². The molecule has 0 aliphatic rings. The van der Waals surface area contributed by atoms with E-state index in [1.165, 1.54) is 0 Å². The van der Waals surface area contributed by atoms with Crippen LogP contribution in [0.3, 0.4) is 0 Å². The maximum Gasteiger partial charge on any atom is 0.253 e. The number of aliphatic hydroxyl groups excluding tert-OH is 1. The summed E-state index contributed by atoms with van der Waals surface area (Å²) in [6.07, 6.45) is 0.123. The molecule has 106 valence electrons. The number of nitrogen functional groups attached to an aromatic ring is 1. The zero-order valence-electron chi connectivity index (χ0n) is 11.7. The van der Waals surface area contributed by atoms with E-state index in [9.17, 15) is 9.90 Å². The molecule has 0 saturated carbocycles. The number of hydrogen-bond donors (Lipinski definition) is 2. The number of nitrogens with two attached hydrogens (primary N) is 1. The maximum atomic E-state index is 12.2. The van der Waals surface area contributed by atoms with Crippen molar-refractivity contribution in [2.24, 2.45) is 0 Å². The van der Waals surface area contributed by atoms with Gasteiger partial charge in [0.15, 0.2) is 0 Å². The van der Waals surface area contributed by atoms with Gasteiger partial charge >= 0.3 is 0 Å². The van der Waals surface area contributed by atoms with Crippen molar-refractivity contribution in [3.63, 3.8) is 0 Å². The Bertz CT molecular complexity index is 433. The number of ether oxygens (including phenoxy) is 1. The molecule has 0 radical (unpaired) electrons.